The van der Waals surface area contributed by atoms with E-state index in [0.29, 0.717) is 5.88 Å². The maximum absolute atomic E-state index is 12.6. The number of benzene rings is 1. The van der Waals surface area contributed by atoms with Gasteiger partial charge in [-0.15, -0.1) is 0 Å². The van der Waals surface area contributed by atoms with Crippen LogP contribution in [0.4, 0.5) is 13.2 Å². The van der Waals surface area contributed by atoms with Gasteiger partial charge in [0.25, 0.3) is 0 Å². The van der Waals surface area contributed by atoms with E-state index in [2.05, 4.69) is 10.3 Å². The van der Waals surface area contributed by atoms with Crippen LogP contribution in [0.1, 0.15) is 43.2 Å². The molecule has 1 aromatic carbocycles. The highest BCUT2D eigenvalue weighted by Gasteiger charge is 2.46. The third-order valence-electron chi connectivity index (χ3n) is 4.95. The minimum atomic E-state index is -4.40. The van der Waals surface area contributed by atoms with Gasteiger partial charge in [0.05, 0.1) is 12.6 Å². The molecule has 1 fully saturated rings. The lowest BCUT2D eigenvalue weighted by Crippen LogP contribution is -2.35. The van der Waals surface area contributed by atoms with Crippen LogP contribution in [-0.2, 0) is 10.3 Å². The highest BCUT2D eigenvalue weighted by molar-refractivity contribution is 5.78. The number of hydrogen-bond acceptors (Lipinski definition) is 4. The Balaban J connectivity index is 1.63. The Labute approximate surface area is 167 Å². The minimum absolute atomic E-state index is 0.0378. The minimum Gasteiger partial charge on any atom is -0.484 e. The van der Waals surface area contributed by atoms with Gasteiger partial charge in [-0.3, -0.25) is 4.79 Å². The normalized spacial score (nSPS) is 16.0. The van der Waals surface area contributed by atoms with Gasteiger partial charge in [0.1, 0.15) is 5.75 Å². The first-order valence-corrected chi connectivity index (χ1v) is 9.32. The van der Waals surface area contributed by atoms with Gasteiger partial charge in [-0.2, -0.15) is 13.2 Å². The number of nitrogens with one attached hydrogen (secondary N) is 1. The fraction of sp³-hybridized carbons (Fsp3) is 0.429. The molecule has 1 aliphatic carbocycles. The second-order valence-corrected chi connectivity index (χ2v) is 7.30. The lowest BCUT2D eigenvalue weighted by Gasteiger charge is -2.21. The predicted octanol–water partition coefficient (Wildman–Crippen LogP) is 4.33. The number of pyridine rings is 1. The molecule has 1 saturated carbocycles. The summed E-state index contributed by atoms with van der Waals surface area (Å²) in [5.74, 6) is 0.471. The molecule has 156 valence electrons. The SMILES string of the molecule is COc1cc([C@@H](C)CC(=O)NC2(c3cccc(OCC(F)(F)F)c3)CC2)ccn1. The molecule has 1 heterocycles. The van der Waals surface area contributed by atoms with Gasteiger partial charge in [-0.1, -0.05) is 19.1 Å². The first-order valence-electron chi connectivity index (χ1n) is 9.32. The Bertz CT molecular complexity index is 866. The standard InChI is InChI=1S/C21H23F3N2O3/c1-14(15-6-9-25-19(11-15)28-2)10-18(27)26-20(7-8-20)16-4-3-5-17(12-16)29-13-21(22,23)24/h3-6,9,11-12,14H,7-8,10,13H2,1-2H3,(H,26,27)/t14-/m0/s1. The molecule has 1 aliphatic rings. The zero-order valence-corrected chi connectivity index (χ0v) is 16.3. The molecule has 5 nitrogen and oxygen atoms in total. The van der Waals surface area contributed by atoms with E-state index in [0.717, 1.165) is 24.0 Å². The molecule has 29 heavy (non-hydrogen) atoms. The van der Waals surface area contributed by atoms with Gasteiger partial charge in [0.15, 0.2) is 6.61 Å². The largest absolute Gasteiger partial charge is 0.484 e. The van der Waals surface area contributed by atoms with Gasteiger partial charge in [-0.25, -0.2) is 4.98 Å². The summed E-state index contributed by atoms with van der Waals surface area (Å²) in [6.07, 6.45) is -1.01. The van der Waals surface area contributed by atoms with Gasteiger partial charge >= 0.3 is 6.18 Å². The van der Waals surface area contributed by atoms with Gasteiger partial charge in [0.2, 0.25) is 11.8 Å². The summed E-state index contributed by atoms with van der Waals surface area (Å²) in [6, 6.07) is 10.1. The Kier molecular flexibility index (Phi) is 6.00. The van der Waals surface area contributed by atoms with Crippen molar-refractivity contribution in [3.05, 3.63) is 53.7 Å². The number of ether oxygens (including phenoxy) is 2. The Morgan fingerprint density at radius 1 is 1.28 bits per heavy atom. The average molecular weight is 408 g/mol. The highest BCUT2D eigenvalue weighted by atomic mass is 19.4. The van der Waals surface area contributed by atoms with Crippen molar-refractivity contribution in [2.24, 2.45) is 0 Å². The zero-order chi connectivity index (χ0) is 21.1. The average Bonchev–Trinajstić information content (AvgIpc) is 3.46. The fourth-order valence-corrected chi connectivity index (χ4v) is 3.22. The van der Waals surface area contributed by atoms with Crippen LogP contribution < -0.4 is 14.8 Å². The van der Waals surface area contributed by atoms with E-state index >= 15 is 0 Å². The monoisotopic (exact) mass is 408 g/mol. The Morgan fingerprint density at radius 2 is 2.03 bits per heavy atom. The van der Waals surface area contributed by atoms with Gasteiger partial charge in [0, 0.05) is 18.7 Å². The van der Waals surface area contributed by atoms with Gasteiger partial charge in [-0.05, 0) is 48.1 Å². The number of halogens is 3. The third kappa shape index (κ3) is 5.62. The predicted molar refractivity (Wildman–Crippen MR) is 101 cm³/mol. The van der Waals surface area contributed by atoms with Crippen molar-refractivity contribution in [2.45, 2.75) is 43.8 Å². The van der Waals surface area contributed by atoms with Crippen molar-refractivity contribution >= 4 is 5.91 Å². The van der Waals surface area contributed by atoms with Crippen LogP contribution in [0.15, 0.2) is 42.6 Å². The van der Waals surface area contributed by atoms with E-state index in [9.17, 15) is 18.0 Å². The van der Waals surface area contributed by atoms with E-state index < -0.39 is 18.3 Å². The van der Waals surface area contributed by atoms with Crippen molar-refractivity contribution in [1.29, 1.82) is 0 Å². The number of hydrogen-bond donors (Lipinski definition) is 1. The number of carbonyl (C=O) groups excluding carboxylic acids is 1. The number of nitrogens with zero attached hydrogens (tertiary/aromatic N) is 1. The molecular weight excluding hydrogens is 385 g/mol. The number of aromatic nitrogens is 1. The Morgan fingerprint density at radius 3 is 2.69 bits per heavy atom. The lowest BCUT2D eigenvalue weighted by molar-refractivity contribution is -0.153. The van der Waals surface area contributed by atoms with E-state index in [1.807, 2.05) is 13.0 Å². The topological polar surface area (TPSA) is 60.5 Å². The molecule has 0 bridgehead atoms. The summed E-state index contributed by atoms with van der Waals surface area (Å²) in [5, 5.41) is 3.05. The second kappa shape index (κ2) is 8.31. The summed E-state index contributed by atoms with van der Waals surface area (Å²) in [7, 11) is 1.53. The second-order valence-electron chi connectivity index (χ2n) is 7.30. The van der Waals surface area contributed by atoms with E-state index in [4.69, 9.17) is 9.47 Å². The molecule has 0 radical (unpaired) electrons. The molecule has 1 N–H and O–H groups in total. The first kappa shape index (κ1) is 21.0. The zero-order valence-electron chi connectivity index (χ0n) is 16.3. The number of methoxy groups -OCH3 is 1. The van der Waals surface area contributed by atoms with Gasteiger partial charge < -0.3 is 14.8 Å². The van der Waals surface area contributed by atoms with Crippen molar-refractivity contribution in [1.82, 2.24) is 10.3 Å². The highest BCUT2D eigenvalue weighted by Crippen LogP contribution is 2.46. The molecule has 2 aromatic rings. The van der Waals surface area contributed by atoms with E-state index in [1.54, 1.807) is 30.5 Å². The molecular formula is C21H23F3N2O3. The Hall–Kier alpha value is -2.77. The molecule has 0 unspecified atom stereocenters. The maximum atomic E-state index is 12.6. The van der Waals surface area contributed by atoms with Crippen molar-refractivity contribution in [3.63, 3.8) is 0 Å². The van der Waals surface area contributed by atoms with Crippen LogP contribution in [0.25, 0.3) is 0 Å². The molecule has 1 aromatic heterocycles. The molecule has 0 spiro atoms. The number of alkyl halides is 3. The first-order chi connectivity index (χ1) is 13.7. The van der Waals surface area contributed by atoms with E-state index in [-0.39, 0.29) is 24.0 Å². The fourth-order valence-electron chi connectivity index (χ4n) is 3.22. The molecule has 3 rings (SSSR count). The summed E-state index contributed by atoms with van der Waals surface area (Å²) >= 11 is 0. The summed E-state index contributed by atoms with van der Waals surface area (Å²) in [6.45, 7) is 0.599. The van der Waals surface area contributed by atoms with Crippen LogP contribution in [-0.4, -0.2) is 30.8 Å². The van der Waals surface area contributed by atoms with Crippen LogP contribution in [0.3, 0.4) is 0 Å². The smallest absolute Gasteiger partial charge is 0.422 e. The lowest BCUT2D eigenvalue weighted by atomic mass is 9.97. The van der Waals surface area contributed by atoms with Crippen LogP contribution >= 0.6 is 0 Å². The van der Waals surface area contributed by atoms with Crippen molar-refractivity contribution < 1.29 is 27.4 Å². The number of amides is 1. The van der Waals surface area contributed by atoms with E-state index in [1.165, 1.54) is 13.2 Å². The van der Waals surface area contributed by atoms with Crippen molar-refractivity contribution in [2.75, 3.05) is 13.7 Å². The van der Waals surface area contributed by atoms with Crippen LogP contribution in [0, 0.1) is 0 Å². The molecule has 0 saturated heterocycles. The maximum Gasteiger partial charge on any atom is 0.422 e. The summed E-state index contributed by atoms with van der Waals surface area (Å²) in [5.41, 5.74) is 1.16. The number of rotatable bonds is 8. The van der Waals surface area contributed by atoms with Crippen LogP contribution in [0.2, 0.25) is 0 Å². The quantitative estimate of drug-likeness (QED) is 0.706. The molecule has 0 aliphatic heterocycles. The molecule has 1 atom stereocenters. The number of carbonyl (C=O) groups is 1. The molecule has 8 heteroatoms. The summed E-state index contributed by atoms with van der Waals surface area (Å²) < 4.78 is 47.1. The van der Waals surface area contributed by atoms with Crippen molar-refractivity contribution in [3.8, 4) is 11.6 Å². The van der Waals surface area contributed by atoms with Crippen LogP contribution in [0.5, 0.6) is 11.6 Å². The summed E-state index contributed by atoms with van der Waals surface area (Å²) in [4.78, 5) is 16.7. The third-order valence-corrected chi connectivity index (χ3v) is 4.95. The molecule has 1 amide bonds.